The average molecular weight is 486 g/mol. The number of benzene rings is 2. The van der Waals surface area contributed by atoms with E-state index in [9.17, 15) is 22.8 Å². The SMILES string of the molecule is COc1ccc(CN(C(=O)c2nn(-c3ccccc3C(F)(F)F)c(C)cc2=O)C(C)C2CC2)cc1. The van der Waals surface area contributed by atoms with Gasteiger partial charge in [-0.3, -0.25) is 9.59 Å². The lowest BCUT2D eigenvalue weighted by Crippen LogP contribution is -2.42. The summed E-state index contributed by atoms with van der Waals surface area (Å²) in [6.07, 6.45) is -2.69. The summed E-state index contributed by atoms with van der Waals surface area (Å²) >= 11 is 0. The maximum atomic E-state index is 13.6. The van der Waals surface area contributed by atoms with E-state index in [1.165, 1.54) is 25.1 Å². The van der Waals surface area contributed by atoms with Crippen LogP contribution in [-0.4, -0.2) is 33.7 Å². The molecule has 0 aliphatic heterocycles. The number of alkyl halides is 3. The smallest absolute Gasteiger partial charge is 0.418 e. The molecule has 1 aromatic heterocycles. The number of hydrogen-bond acceptors (Lipinski definition) is 4. The van der Waals surface area contributed by atoms with Crippen LogP contribution in [0.4, 0.5) is 13.2 Å². The van der Waals surface area contributed by atoms with E-state index in [1.54, 1.807) is 24.1 Å². The van der Waals surface area contributed by atoms with Crippen molar-refractivity contribution in [2.24, 2.45) is 5.92 Å². The number of para-hydroxylation sites is 1. The van der Waals surface area contributed by atoms with E-state index in [2.05, 4.69) is 5.10 Å². The maximum absolute atomic E-state index is 13.6. The molecular formula is C26H26F3N3O3. The summed E-state index contributed by atoms with van der Waals surface area (Å²) in [7, 11) is 1.56. The summed E-state index contributed by atoms with van der Waals surface area (Å²) in [5.74, 6) is 0.368. The minimum atomic E-state index is -4.63. The fraction of sp³-hybridized carbons (Fsp3) is 0.346. The third-order valence-corrected chi connectivity index (χ3v) is 6.32. The van der Waals surface area contributed by atoms with E-state index in [4.69, 9.17) is 4.74 Å². The van der Waals surface area contributed by atoms with Gasteiger partial charge in [0.2, 0.25) is 5.43 Å². The molecule has 6 nitrogen and oxygen atoms in total. The van der Waals surface area contributed by atoms with Crippen molar-refractivity contribution in [3.63, 3.8) is 0 Å². The third-order valence-electron chi connectivity index (χ3n) is 6.32. The Labute approximate surface area is 200 Å². The zero-order valence-electron chi connectivity index (χ0n) is 19.7. The molecule has 1 fully saturated rings. The van der Waals surface area contributed by atoms with Crippen LogP contribution in [0.5, 0.6) is 5.75 Å². The Hall–Kier alpha value is -3.62. The fourth-order valence-electron chi connectivity index (χ4n) is 4.13. The Kier molecular flexibility index (Phi) is 6.69. The number of carbonyl (C=O) groups is 1. The molecule has 3 aromatic rings. The number of carbonyl (C=O) groups excluding carboxylic acids is 1. The number of ether oxygens (including phenoxy) is 1. The second-order valence-corrected chi connectivity index (χ2v) is 8.78. The van der Waals surface area contributed by atoms with E-state index in [0.717, 1.165) is 35.2 Å². The first-order valence-corrected chi connectivity index (χ1v) is 11.3. The van der Waals surface area contributed by atoms with Crippen molar-refractivity contribution in [1.82, 2.24) is 14.7 Å². The molecule has 0 saturated heterocycles. The van der Waals surface area contributed by atoms with E-state index < -0.39 is 28.8 Å². The molecule has 1 aliphatic rings. The molecule has 1 unspecified atom stereocenters. The topological polar surface area (TPSA) is 64.4 Å². The molecule has 0 radical (unpaired) electrons. The number of hydrogen-bond donors (Lipinski definition) is 0. The Morgan fingerprint density at radius 3 is 2.43 bits per heavy atom. The van der Waals surface area contributed by atoms with Crippen molar-refractivity contribution in [3.05, 3.63) is 87.3 Å². The van der Waals surface area contributed by atoms with Crippen LogP contribution in [0, 0.1) is 12.8 Å². The molecule has 1 heterocycles. The van der Waals surface area contributed by atoms with Crippen LogP contribution in [0.3, 0.4) is 0 Å². The molecule has 1 saturated carbocycles. The van der Waals surface area contributed by atoms with E-state index in [1.807, 2.05) is 19.1 Å². The zero-order valence-corrected chi connectivity index (χ0v) is 19.7. The second kappa shape index (κ2) is 9.56. The van der Waals surface area contributed by atoms with Gasteiger partial charge < -0.3 is 9.64 Å². The summed E-state index contributed by atoms with van der Waals surface area (Å²) in [5, 5.41) is 4.16. The first-order chi connectivity index (χ1) is 16.6. The minimum absolute atomic E-state index is 0.164. The lowest BCUT2D eigenvalue weighted by atomic mass is 10.1. The van der Waals surface area contributed by atoms with Gasteiger partial charge in [-0.15, -0.1) is 0 Å². The van der Waals surface area contributed by atoms with Crippen LogP contribution in [-0.2, 0) is 12.7 Å². The number of rotatable bonds is 7. The van der Waals surface area contributed by atoms with Crippen molar-refractivity contribution < 1.29 is 22.7 Å². The van der Waals surface area contributed by atoms with Crippen LogP contribution in [0.2, 0.25) is 0 Å². The van der Waals surface area contributed by atoms with Crippen molar-refractivity contribution in [2.45, 2.75) is 45.5 Å². The van der Waals surface area contributed by atoms with Crippen molar-refractivity contribution >= 4 is 5.91 Å². The van der Waals surface area contributed by atoms with Gasteiger partial charge in [0, 0.05) is 24.3 Å². The van der Waals surface area contributed by atoms with Crippen molar-refractivity contribution in [3.8, 4) is 11.4 Å². The third kappa shape index (κ3) is 5.23. The first-order valence-electron chi connectivity index (χ1n) is 11.3. The van der Waals surface area contributed by atoms with Crippen molar-refractivity contribution in [2.75, 3.05) is 7.11 Å². The Bertz CT molecular complexity index is 1280. The highest BCUT2D eigenvalue weighted by atomic mass is 19.4. The molecule has 9 heteroatoms. The molecule has 1 aliphatic carbocycles. The summed E-state index contributed by atoms with van der Waals surface area (Å²) in [6.45, 7) is 3.64. The number of nitrogens with zero attached hydrogens (tertiary/aromatic N) is 3. The van der Waals surface area contributed by atoms with Crippen LogP contribution >= 0.6 is 0 Å². The van der Waals surface area contributed by atoms with Crippen molar-refractivity contribution in [1.29, 1.82) is 0 Å². The molecule has 4 rings (SSSR count). The van der Waals surface area contributed by atoms with E-state index >= 15 is 0 Å². The lowest BCUT2D eigenvalue weighted by Gasteiger charge is -2.29. The van der Waals surface area contributed by atoms with E-state index in [-0.39, 0.29) is 24.0 Å². The summed E-state index contributed by atoms with van der Waals surface area (Å²) in [6, 6.07) is 13.2. The van der Waals surface area contributed by atoms with Gasteiger partial charge in [-0.2, -0.15) is 18.3 Å². The summed E-state index contributed by atoms with van der Waals surface area (Å²) in [4.78, 5) is 28.1. The minimum Gasteiger partial charge on any atom is -0.497 e. The van der Waals surface area contributed by atoms with Crippen LogP contribution in [0.15, 0.2) is 59.4 Å². The standard InChI is InChI=1S/C26H26F3N3O3/c1-16-14-23(33)24(30-32(16)22-7-5-4-6-21(22)26(27,28)29)25(34)31(17(2)19-10-11-19)15-18-8-12-20(35-3)13-9-18/h4-9,12-14,17,19H,10-11,15H2,1-3H3. The molecule has 1 amide bonds. The first kappa shape index (κ1) is 24.5. The highest BCUT2D eigenvalue weighted by Crippen LogP contribution is 2.36. The highest BCUT2D eigenvalue weighted by Gasteiger charge is 2.37. The summed E-state index contributed by atoms with van der Waals surface area (Å²) < 4.78 is 47.1. The van der Waals surface area contributed by atoms with Crippen LogP contribution in [0.25, 0.3) is 5.69 Å². The molecule has 0 bridgehead atoms. The number of halogens is 3. The number of amides is 1. The van der Waals surface area contributed by atoms with Gasteiger partial charge in [0.15, 0.2) is 5.69 Å². The molecule has 35 heavy (non-hydrogen) atoms. The monoisotopic (exact) mass is 485 g/mol. The van der Waals surface area contributed by atoms with Crippen LogP contribution < -0.4 is 10.2 Å². The lowest BCUT2D eigenvalue weighted by molar-refractivity contribution is -0.137. The van der Waals surface area contributed by atoms with Gasteiger partial charge in [-0.05, 0) is 62.4 Å². The van der Waals surface area contributed by atoms with Crippen LogP contribution in [0.1, 0.15) is 47.1 Å². The van der Waals surface area contributed by atoms with Gasteiger partial charge in [0.25, 0.3) is 5.91 Å². The summed E-state index contributed by atoms with van der Waals surface area (Å²) in [5.41, 5.74) is -1.16. The molecule has 184 valence electrons. The zero-order chi connectivity index (χ0) is 25.3. The number of methoxy groups -OCH3 is 1. The maximum Gasteiger partial charge on any atom is 0.418 e. The number of aromatic nitrogens is 2. The predicted octanol–water partition coefficient (Wildman–Crippen LogP) is 5.01. The molecule has 0 spiro atoms. The normalized spacial score (nSPS) is 14.5. The van der Waals surface area contributed by atoms with Gasteiger partial charge in [-0.1, -0.05) is 24.3 Å². The van der Waals surface area contributed by atoms with Gasteiger partial charge in [0.1, 0.15) is 5.75 Å². The predicted molar refractivity (Wildman–Crippen MR) is 125 cm³/mol. The Morgan fingerprint density at radius 1 is 1.17 bits per heavy atom. The van der Waals surface area contributed by atoms with Gasteiger partial charge in [-0.25, -0.2) is 4.68 Å². The quantitative estimate of drug-likeness (QED) is 0.472. The van der Waals surface area contributed by atoms with Gasteiger partial charge in [0.05, 0.1) is 18.4 Å². The second-order valence-electron chi connectivity index (χ2n) is 8.78. The molecular weight excluding hydrogens is 459 g/mol. The Morgan fingerprint density at radius 2 is 1.83 bits per heavy atom. The molecule has 2 aromatic carbocycles. The highest BCUT2D eigenvalue weighted by molar-refractivity contribution is 5.92. The van der Waals surface area contributed by atoms with E-state index in [0.29, 0.717) is 11.7 Å². The Balaban J connectivity index is 1.76. The molecule has 0 N–H and O–H groups in total. The fourth-order valence-corrected chi connectivity index (χ4v) is 4.13. The average Bonchev–Trinajstić information content (AvgIpc) is 3.67. The largest absolute Gasteiger partial charge is 0.497 e. The number of aryl methyl sites for hydroxylation is 1. The molecule has 1 atom stereocenters. The van der Waals surface area contributed by atoms with Gasteiger partial charge >= 0.3 is 6.18 Å².